The third-order valence-electron chi connectivity index (χ3n) is 5.71. The molecule has 7 heteroatoms. The molecule has 0 atom stereocenters. The Balaban J connectivity index is 1.38. The first-order valence-electron chi connectivity index (χ1n) is 10.6. The topological polar surface area (TPSA) is 76.5 Å². The fraction of sp³-hybridized carbons (Fsp3) is 0.115. The summed E-state index contributed by atoms with van der Waals surface area (Å²) in [6.45, 7) is 1.05. The Morgan fingerprint density at radius 1 is 0.909 bits per heavy atom. The lowest BCUT2D eigenvalue weighted by atomic mass is 10.1. The van der Waals surface area contributed by atoms with Gasteiger partial charge in [-0.15, -0.1) is 0 Å². The van der Waals surface area contributed by atoms with Gasteiger partial charge in [-0.3, -0.25) is 14.3 Å². The van der Waals surface area contributed by atoms with Gasteiger partial charge < -0.3 is 15.0 Å². The molecular weight excluding hydrogens is 416 g/mol. The molecule has 7 nitrogen and oxygen atoms in total. The minimum Gasteiger partial charge on any atom is -0.496 e. The summed E-state index contributed by atoms with van der Waals surface area (Å²) in [5.74, 6) is 0.113. The highest BCUT2D eigenvalue weighted by Gasteiger charge is 2.25. The van der Waals surface area contributed by atoms with E-state index in [2.05, 4.69) is 10.4 Å². The maximum atomic E-state index is 13.5. The number of amides is 2. The minimum absolute atomic E-state index is 0.111. The van der Waals surface area contributed by atoms with Crippen LogP contribution in [0.3, 0.4) is 0 Å². The third kappa shape index (κ3) is 3.96. The summed E-state index contributed by atoms with van der Waals surface area (Å²) in [6, 6.07) is 23.8. The monoisotopic (exact) mass is 438 g/mol. The number of carbonyl (C=O) groups excluding carboxylic acids is 2. The molecule has 0 spiro atoms. The van der Waals surface area contributed by atoms with E-state index in [1.54, 1.807) is 53.6 Å². The van der Waals surface area contributed by atoms with Crippen LogP contribution in [0, 0.1) is 0 Å². The second-order valence-corrected chi connectivity index (χ2v) is 7.73. The van der Waals surface area contributed by atoms with Gasteiger partial charge in [0.1, 0.15) is 5.75 Å². The number of ether oxygens (including phenoxy) is 1. The first kappa shape index (κ1) is 20.5. The summed E-state index contributed by atoms with van der Waals surface area (Å²) in [5.41, 5.74) is 4.46. The van der Waals surface area contributed by atoms with Crippen LogP contribution in [-0.4, -0.2) is 28.7 Å². The number of para-hydroxylation sites is 2. The molecule has 0 unspecified atom stereocenters. The molecule has 5 rings (SSSR count). The molecule has 1 aliphatic rings. The van der Waals surface area contributed by atoms with Gasteiger partial charge in [-0.2, -0.15) is 5.10 Å². The van der Waals surface area contributed by atoms with Gasteiger partial charge >= 0.3 is 0 Å². The average molecular weight is 438 g/mol. The Morgan fingerprint density at radius 2 is 1.67 bits per heavy atom. The average Bonchev–Trinajstić information content (AvgIpc) is 3.23. The van der Waals surface area contributed by atoms with Crippen LogP contribution >= 0.6 is 0 Å². The predicted octanol–water partition coefficient (Wildman–Crippen LogP) is 4.35. The van der Waals surface area contributed by atoms with E-state index >= 15 is 0 Å². The zero-order valence-electron chi connectivity index (χ0n) is 18.1. The molecule has 0 bridgehead atoms. The largest absolute Gasteiger partial charge is 0.496 e. The van der Waals surface area contributed by atoms with E-state index in [-0.39, 0.29) is 11.8 Å². The summed E-state index contributed by atoms with van der Waals surface area (Å²) in [4.78, 5) is 27.9. The van der Waals surface area contributed by atoms with Crippen LogP contribution in [0.15, 0.2) is 85.1 Å². The standard InChI is InChI=1S/C26H22N4O3/c1-33-24-9-5-3-7-22(24)25(31)28-20-12-10-18(11-13-20)26(32)29-17-21-14-15-27-30(21)16-19-6-2-4-8-23(19)29/h2-15H,16-17H2,1H3,(H,28,31). The second-order valence-electron chi connectivity index (χ2n) is 7.73. The minimum atomic E-state index is -0.277. The van der Waals surface area contributed by atoms with E-state index in [0.717, 1.165) is 16.9 Å². The molecule has 0 saturated carbocycles. The predicted molar refractivity (Wildman–Crippen MR) is 126 cm³/mol. The highest BCUT2D eigenvalue weighted by atomic mass is 16.5. The molecular formula is C26H22N4O3. The molecule has 1 N–H and O–H groups in total. The second kappa shape index (κ2) is 8.63. The molecule has 2 heterocycles. The van der Waals surface area contributed by atoms with Crippen LogP contribution in [0.25, 0.3) is 0 Å². The molecule has 0 saturated heterocycles. The third-order valence-corrected chi connectivity index (χ3v) is 5.71. The van der Waals surface area contributed by atoms with Gasteiger partial charge in [0.15, 0.2) is 0 Å². The van der Waals surface area contributed by atoms with Crippen molar-refractivity contribution in [1.29, 1.82) is 0 Å². The smallest absolute Gasteiger partial charge is 0.259 e. The molecule has 1 aliphatic heterocycles. The summed E-state index contributed by atoms with van der Waals surface area (Å²) >= 11 is 0. The number of nitrogens with zero attached hydrogens (tertiary/aromatic N) is 3. The molecule has 1 aromatic heterocycles. The van der Waals surface area contributed by atoms with Gasteiger partial charge in [0.2, 0.25) is 0 Å². The molecule has 4 aromatic rings. The van der Waals surface area contributed by atoms with Crippen LogP contribution in [-0.2, 0) is 13.1 Å². The van der Waals surface area contributed by atoms with Crippen molar-refractivity contribution in [2.75, 3.05) is 17.3 Å². The van der Waals surface area contributed by atoms with Crippen molar-refractivity contribution >= 4 is 23.2 Å². The van der Waals surface area contributed by atoms with Gasteiger partial charge in [0, 0.05) is 23.1 Å². The lowest BCUT2D eigenvalue weighted by Crippen LogP contribution is -2.30. The first-order chi connectivity index (χ1) is 16.1. The lowest BCUT2D eigenvalue weighted by molar-refractivity contribution is 0.0983. The summed E-state index contributed by atoms with van der Waals surface area (Å²) < 4.78 is 7.18. The fourth-order valence-electron chi connectivity index (χ4n) is 4.02. The zero-order valence-corrected chi connectivity index (χ0v) is 18.1. The van der Waals surface area contributed by atoms with E-state index in [9.17, 15) is 9.59 Å². The summed E-state index contributed by atoms with van der Waals surface area (Å²) in [5, 5.41) is 7.25. The number of hydrogen-bond acceptors (Lipinski definition) is 4. The number of carbonyl (C=O) groups is 2. The maximum Gasteiger partial charge on any atom is 0.259 e. The van der Waals surface area contributed by atoms with Crippen molar-refractivity contribution in [3.05, 3.63) is 107 Å². The number of nitrogens with one attached hydrogen (secondary N) is 1. The van der Waals surface area contributed by atoms with Crippen molar-refractivity contribution in [3.63, 3.8) is 0 Å². The van der Waals surface area contributed by atoms with E-state index in [1.165, 1.54) is 7.11 Å². The number of fused-ring (bicyclic) bond motifs is 2. The SMILES string of the molecule is COc1ccccc1C(=O)Nc1ccc(C(=O)N2Cc3ccnn3Cc3ccccc32)cc1. The number of anilines is 2. The van der Waals surface area contributed by atoms with Crippen molar-refractivity contribution < 1.29 is 14.3 Å². The van der Waals surface area contributed by atoms with Gasteiger partial charge in [-0.1, -0.05) is 30.3 Å². The van der Waals surface area contributed by atoms with E-state index < -0.39 is 0 Å². The Bertz CT molecular complexity index is 1330. The number of rotatable bonds is 4. The van der Waals surface area contributed by atoms with Gasteiger partial charge in [0.25, 0.3) is 11.8 Å². The highest BCUT2D eigenvalue weighted by molar-refractivity contribution is 6.08. The maximum absolute atomic E-state index is 13.5. The molecule has 0 fully saturated rings. The van der Waals surface area contributed by atoms with Gasteiger partial charge in [0.05, 0.1) is 31.5 Å². The molecule has 0 radical (unpaired) electrons. The van der Waals surface area contributed by atoms with Crippen molar-refractivity contribution in [1.82, 2.24) is 9.78 Å². The molecule has 33 heavy (non-hydrogen) atoms. The van der Waals surface area contributed by atoms with Crippen LogP contribution in [0.2, 0.25) is 0 Å². The normalized spacial score (nSPS) is 12.3. The van der Waals surface area contributed by atoms with Crippen molar-refractivity contribution in [2.24, 2.45) is 0 Å². The first-order valence-corrected chi connectivity index (χ1v) is 10.6. The quantitative estimate of drug-likeness (QED) is 0.514. The highest BCUT2D eigenvalue weighted by Crippen LogP contribution is 2.29. The van der Waals surface area contributed by atoms with E-state index in [1.807, 2.05) is 41.1 Å². The van der Waals surface area contributed by atoms with Gasteiger partial charge in [-0.05, 0) is 54.1 Å². The Labute approximate surface area is 191 Å². The fourth-order valence-corrected chi connectivity index (χ4v) is 4.02. The zero-order chi connectivity index (χ0) is 22.8. The molecule has 164 valence electrons. The molecule has 2 amide bonds. The van der Waals surface area contributed by atoms with Crippen LogP contribution in [0.5, 0.6) is 5.75 Å². The van der Waals surface area contributed by atoms with E-state index in [0.29, 0.717) is 35.7 Å². The van der Waals surface area contributed by atoms with Crippen LogP contribution < -0.4 is 15.0 Å². The van der Waals surface area contributed by atoms with Crippen molar-refractivity contribution in [2.45, 2.75) is 13.1 Å². The van der Waals surface area contributed by atoms with Crippen LogP contribution in [0.1, 0.15) is 32.0 Å². The Hall–Kier alpha value is -4.39. The Kier molecular flexibility index (Phi) is 5.36. The molecule has 0 aliphatic carbocycles. The number of aromatic nitrogens is 2. The van der Waals surface area contributed by atoms with Gasteiger partial charge in [-0.25, -0.2) is 0 Å². The molecule has 3 aromatic carbocycles. The number of hydrogen-bond donors (Lipinski definition) is 1. The van der Waals surface area contributed by atoms with E-state index in [4.69, 9.17) is 4.74 Å². The van der Waals surface area contributed by atoms with Crippen LogP contribution in [0.4, 0.5) is 11.4 Å². The lowest BCUT2D eigenvalue weighted by Gasteiger charge is -2.22. The Morgan fingerprint density at radius 3 is 2.48 bits per heavy atom. The summed E-state index contributed by atoms with van der Waals surface area (Å²) in [7, 11) is 1.53. The number of benzene rings is 3. The van der Waals surface area contributed by atoms with Crippen molar-refractivity contribution in [3.8, 4) is 5.75 Å². The number of methoxy groups -OCH3 is 1. The summed E-state index contributed by atoms with van der Waals surface area (Å²) in [6.07, 6.45) is 1.76.